The molecule has 0 radical (unpaired) electrons. The molecule has 2 nitrogen and oxygen atoms in total. The first-order valence-electron chi connectivity index (χ1n) is 11.1. The van der Waals surface area contributed by atoms with Crippen LogP contribution in [-0.4, -0.2) is 10.2 Å². The first-order chi connectivity index (χ1) is 16.2. The Labute approximate surface area is 193 Å². The highest BCUT2D eigenvalue weighted by Gasteiger charge is 2.32. The maximum Gasteiger partial charge on any atom is 0.123 e. The fraction of sp³-hybridized carbons (Fsp3) is 0.0323. The zero-order valence-corrected chi connectivity index (χ0v) is 17.9. The lowest BCUT2D eigenvalue weighted by Gasteiger charge is -2.22. The number of rotatable bonds is 3. The molecule has 2 N–H and O–H groups in total. The third kappa shape index (κ3) is 3.03. The molecule has 1 aliphatic carbocycles. The van der Waals surface area contributed by atoms with Gasteiger partial charge in [0.05, 0.1) is 0 Å². The van der Waals surface area contributed by atoms with Crippen LogP contribution in [0.2, 0.25) is 0 Å². The van der Waals surface area contributed by atoms with E-state index in [0.29, 0.717) is 0 Å². The number of phenolic OH excluding ortho intramolecular Hbond substituents is 2. The second-order valence-corrected chi connectivity index (χ2v) is 8.41. The number of aromatic hydroxyl groups is 2. The summed E-state index contributed by atoms with van der Waals surface area (Å²) >= 11 is 0. The van der Waals surface area contributed by atoms with Gasteiger partial charge in [-0.2, -0.15) is 0 Å². The molecule has 6 rings (SSSR count). The molecule has 0 saturated heterocycles. The third-order valence-electron chi connectivity index (χ3n) is 6.61. The quantitative estimate of drug-likeness (QED) is 0.306. The summed E-state index contributed by atoms with van der Waals surface area (Å²) in [5, 5.41) is 21.6. The van der Waals surface area contributed by atoms with Gasteiger partial charge in [-0.1, -0.05) is 103 Å². The second kappa shape index (κ2) is 7.68. The SMILES string of the molecule is Oc1ccccc1-c1cccc(C2c3ccccc3-c3ccccc32)c1-c1ccccc1O. The molecule has 0 bridgehead atoms. The van der Waals surface area contributed by atoms with Crippen molar-refractivity contribution in [3.63, 3.8) is 0 Å². The van der Waals surface area contributed by atoms with Gasteiger partial charge in [-0.15, -0.1) is 0 Å². The van der Waals surface area contributed by atoms with Crippen molar-refractivity contribution < 1.29 is 10.2 Å². The molecule has 158 valence electrons. The lowest BCUT2D eigenvalue weighted by molar-refractivity contribution is 0.476. The molecule has 0 saturated carbocycles. The Bertz CT molecular complexity index is 1450. The summed E-state index contributed by atoms with van der Waals surface area (Å²) < 4.78 is 0. The summed E-state index contributed by atoms with van der Waals surface area (Å²) in [5.41, 5.74) is 9.45. The molecule has 0 atom stereocenters. The van der Waals surface area contributed by atoms with E-state index in [1.165, 1.54) is 22.3 Å². The molecule has 0 aliphatic heterocycles. The van der Waals surface area contributed by atoms with Gasteiger partial charge >= 0.3 is 0 Å². The first-order valence-corrected chi connectivity index (χ1v) is 11.1. The Morgan fingerprint density at radius 3 is 1.36 bits per heavy atom. The molecule has 5 aromatic carbocycles. The third-order valence-corrected chi connectivity index (χ3v) is 6.61. The number of fused-ring (bicyclic) bond motifs is 3. The summed E-state index contributed by atoms with van der Waals surface area (Å²) in [4.78, 5) is 0. The maximum atomic E-state index is 10.9. The van der Waals surface area contributed by atoms with Crippen molar-refractivity contribution in [2.75, 3.05) is 0 Å². The monoisotopic (exact) mass is 426 g/mol. The summed E-state index contributed by atoms with van der Waals surface area (Å²) in [6, 6.07) is 38.1. The van der Waals surface area contributed by atoms with E-state index >= 15 is 0 Å². The molecular weight excluding hydrogens is 404 g/mol. The smallest absolute Gasteiger partial charge is 0.123 e. The minimum absolute atomic E-state index is 0.0258. The Kier molecular flexibility index (Phi) is 4.51. The molecule has 0 aromatic heterocycles. The van der Waals surface area contributed by atoms with Crippen molar-refractivity contribution in [2.45, 2.75) is 5.92 Å². The fourth-order valence-corrected chi connectivity index (χ4v) is 5.21. The van der Waals surface area contributed by atoms with Crippen LogP contribution in [0.25, 0.3) is 33.4 Å². The Morgan fingerprint density at radius 1 is 0.364 bits per heavy atom. The van der Waals surface area contributed by atoms with Crippen LogP contribution in [0.3, 0.4) is 0 Å². The van der Waals surface area contributed by atoms with E-state index in [9.17, 15) is 10.2 Å². The van der Waals surface area contributed by atoms with Crippen molar-refractivity contribution >= 4 is 0 Å². The average Bonchev–Trinajstić information content (AvgIpc) is 3.19. The largest absolute Gasteiger partial charge is 0.507 e. The summed E-state index contributed by atoms with van der Waals surface area (Å²) in [7, 11) is 0. The number of hydrogen-bond acceptors (Lipinski definition) is 2. The molecule has 0 unspecified atom stereocenters. The van der Waals surface area contributed by atoms with Gasteiger partial charge in [0.15, 0.2) is 0 Å². The predicted molar refractivity (Wildman–Crippen MR) is 133 cm³/mol. The van der Waals surface area contributed by atoms with Crippen molar-refractivity contribution in [1.29, 1.82) is 0 Å². The zero-order valence-electron chi connectivity index (χ0n) is 17.9. The molecule has 0 heterocycles. The molecule has 33 heavy (non-hydrogen) atoms. The maximum absolute atomic E-state index is 10.9. The molecule has 0 amide bonds. The van der Waals surface area contributed by atoms with Crippen LogP contribution < -0.4 is 0 Å². The fourth-order valence-electron chi connectivity index (χ4n) is 5.21. The molecule has 5 aromatic rings. The van der Waals surface area contributed by atoms with Crippen LogP contribution >= 0.6 is 0 Å². The van der Waals surface area contributed by atoms with Crippen LogP contribution in [-0.2, 0) is 0 Å². The Balaban J connectivity index is 1.71. The Morgan fingerprint density at radius 2 is 0.788 bits per heavy atom. The standard InChI is InChI=1S/C31H22O2/c32-28-18-7-5-12-22(28)25-16-9-17-27(31(25)26-15-6-8-19-29(26)33)30-23-13-3-1-10-20(23)21-11-2-4-14-24(21)30/h1-19,30,32-33H. The van der Waals surface area contributed by atoms with Crippen molar-refractivity contribution in [1.82, 2.24) is 0 Å². The zero-order chi connectivity index (χ0) is 22.4. The van der Waals surface area contributed by atoms with Crippen LogP contribution in [0, 0.1) is 0 Å². The average molecular weight is 427 g/mol. The lowest BCUT2D eigenvalue weighted by Crippen LogP contribution is -2.03. The number of hydrogen-bond donors (Lipinski definition) is 2. The number of phenols is 2. The van der Waals surface area contributed by atoms with Crippen LogP contribution in [0.15, 0.2) is 115 Å². The van der Waals surface area contributed by atoms with Gasteiger partial charge in [0, 0.05) is 17.0 Å². The van der Waals surface area contributed by atoms with Gasteiger partial charge in [0.1, 0.15) is 11.5 Å². The molecule has 2 heteroatoms. The molecule has 0 spiro atoms. The van der Waals surface area contributed by atoms with Crippen molar-refractivity contribution in [3.05, 3.63) is 132 Å². The molecule has 1 aliphatic rings. The van der Waals surface area contributed by atoms with Gasteiger partial charge in [0.25, 0.3) is 0 Å². The minimum Gasteiger partial charge on any atom is -0.507 e. The van der Waals surface area contributed by atoms with E-state index < -0.39 is 0 Å². The van der Waals surface area contributed by atoms with E-state index in [0.717, 1.165) is 27.8 Å². The second-order valence-electron chi connectivity index (χ2n) is 8.41. The van der Waals surface area contributed by atoms with Gasteiger partial charge < -0.3 is 10.2 Å². The van der Waals surface area contributed by atoms with Gasteiger partial charge in [-0.05, 0) is 51.1 Å². The van der Waals surface area contributed by atoms with Crippen LogP contribution in [0.1, 0.15) is 22.6 Å². The van der Waals surface area contributed by atoms with Gasteiger partial charge in [-0.3, -0.25) is 0 Å². The summed E-state index contributed by atoms with van der Waals surface area (Å²) in [5.74, 6) is 0.470. The van der Waals surface area contributed by atoms with Gasteiger partial charge in [-0.25, -0.2) is 0 Å². The van der Waals surface area contributed by atoms with E-state index in [2.05, 4.69) is 54.6 Å². The highest BCUT2D eigenvalue weighted by Crippen LogP contribution is 2.52. The van der Waals surface area contributed by atoms with Crippen molar-refractivity contribution in [2.24, 2.45) is 0 Å². The van der Waals surface area contributed by atoms with Crippen molar-refractivity contribution in [3.8, 4) is 44.9 Å². The minimum atomic E-state index is 0.0258. The van der Waals surface area contributed by atoms with Crippen LogP contribution in [0.4, 0.5) is 0 Å². The lowest BCUT2D eigenvalue weighted by atomic mass is 9.81. The highest BCUT2D eigenvalue weighted by atomic mass is 16.3. The highest BCUT2D eigenvalue weighted by molar-refractivity contribution is 5.92. The topological polar surface area (TPSA) is 40.5 Å². The van der Waals surface area contributed by atoms with E-state index in [1.807, 2.05) is 48.5 Å². The van der Waals surface area contributed by atoms with E-state index in [4.69, 9.17) is 0 Å². The predicted octanol–water partition coefficient (Wildman–Crippen LogP) is 7.59. The normalized spacial score (nSPS) is 12.4. The molecular formula is C31H22O2. The first kappa shape index (κ1) is 19.4. The van der Waals surface area contributed by atoms with E-state index in [-0.39, 0.29) is 17.4 Å². The van der Waals surface area contributed by atoms with E-state index in [1.54, 1.807) is 12.1 Å². The Hall–Kier alpha value is -4.30. The van der Waals surface area contributed by atoms with Crippen LogP contribution in [0.5, 0.6) is 11.5 Å². The summed E-state index contributed by atoms with van der Waals surface area (Å²) in [6.45, 7) is 0. The molecule has 0 fully saturated rings. The number of para-hydroxylation sites is 2. The van der Waals surface area contributed by atoms with Gasteiger partial charge in [0.2, 0.25) is 0 Å². The summed E-state index contributed by atoms with van der Waals surface area (Å²) in [6.07, 6.45) is 0. The number of benzene rings is 5.